The highest BCUT2D eigenvalue weighted by atomic mass is 32.2. The first-order valence-corrected chi connectivity index (χ1v) is 8.96. The van der Waals surface area contributed by atoms with Crippen molar-refractivity contribution in [3.05, 3.63) is 24.5 Å². The van der Waals surface area contributed by atoms with E-state index >= 15 is 0 Å². The molecule has 0 bridgehead atoms. The highest BCUT2D eigenvalue weighted by Gasteiger charge is 2.30. The second kappa shape index (κ2) is 7.37. The van der Waals surface area contributed by atoms with Gasteiger partial charge in [-0.3, -0.25) is 14.0 Å². The van der Waals surface area contributed by atoms with Crippen LogP contribution in [0.5, 0.6) is 0 Å². The number of pyridine rings is 1. The lowest BCUT2D eigenvalue weighted by molar-refractivity contribution is -0.137. The maximum atomic E-state index is 12.6. The molecule has 1 atom stereocenters. The molecule has 2 fully saturated rings. The molecule has 0 aliphatic carbocycles. The summed E-state index contributed by atoms with van der Waals surface area (Å²) in [7, 11) is 0. The predicted molar refractivity (Wildman–Crippen MR) is 86.2 cm³/mol. The highest BCUT2D eigenvalue weighted by Crippen LogP contribution is 2.24. The van der Waals surface area contributed by atoms with E-state index in [1.54, 1.807) is 12.4 Å². The summed E-state index contributed by atoms with van der Waals surface area (Å²) in [6.45, 7) is 3.53. The molecule has 0 spiro atoms. The molecule has 126 valence electrons. The smallest absolute Gasteiger partial charge is 0.225 e. The number of aromatic nitrogens is 1. The molecular weight excluding hydrogens is 316 g/mol. The van der Waals surface area contributed by atoms with Crippen LogP contribution in [0, 0.1) is 5.92 Å². The van der Waals surface area contributed by atoms with E-state index in [0.29, 0.717) is 26.2 Å². The Hall–Kier alpha value is -1.51. The van der Waals surface area contributed by atoms with Gasteiger partial charge in [0.05, 0.1) is 0 Å². The molecule has 3 rings (SSSR count). The Balaban J connectivity index is 1.50. The summed E-state index contributed by atoms with van der Waals surface area (Å²) in [5.41, 5.74) is 1.15. The number of rotatable bonds is 3. The van der Waals surface area contributed by atoms with E-state index in [-0.39, 0.29) is 11.8 Å². The molecule has 1 amide bonds. The average Bonchev–Trinajstić information content (AvgIpc) is 2.62. The molecule has 0 saturated carbocycles. The van der Waals surface area contributed by atoms with E-state index in [9.17, 15) is 13.6 Å². The fourth-order valence-electron chi connectivity index (χ4n) is 3.26. The van der Waals surface area contributed by atoms with Crippen LogP contribution in [0.2, 0.25) is 0 Å². The molecule has 7 nitrogen and oxygen atoms in total. The maximum Gasteiger partial charge on any atom is 0.225 e. The average molecular weight is 337 g/mol. The van der Waals surface area contributed by atoms with Crippen molar-refractivity contribution in [3.63, 3.8) is 0 Å². The Labute approximate surface area is 138 Å². The summed E-state index contributed by atoms with van der Waals surface area (Å²) in [4.78, 5) is 20.7. The molecular formula is C15H21N4O3S-. The van der Waals surface area contributed by atoms with Crippen LogP contribution < -0.4 is 4.90 Å². The van der Waals surface area contributed by atoms with Gasteiger partial charge in [-0.05, 0) is 25.0 Å². The second-order valence-electron chi connectivity index (χ2n) is 5.94. The van der Waals surface area contributed by atoms with Crippen LogP contribution in [0.25, 0.3) is 0 Å². The number of hydrogen-bond donors (Lipinski definition) is 0. The Bertz CT molecular complexity index is 555. The molecule has 0 aromatic carbocycles. The van der Waals surface area contributed by atoms with Crippen LogP contribution in [0.1, 0.15) is 12.8 Å². The van der Waals surface area contributed by atoms with Crippen LogP contribution in [-0.4, -0.2) is 68.1 Å². The number of anilines is 1. The third kappa shape index (κ3) is 3.88. The fourth-order valence-corrected chi connectivity index (χ4v) is 3.72. The van der Waals surface area contributed by atoms with Gasteiger partial charge in [0.2, 0.25) is 5.91 Å². The molecule has 8 heteroatoms. The summed E-state index contributed by atoms with van der Waals surface area (Å²) in [5.74, 6) is 0.230. The van der Waals surface area contributed by atoms with Crippen molar-refractivity contribution >= 4 is 22.9 Å². The van der Waals surface area contributed by atoms with Crippen molar-refractivity contribution in [3.8, 4) is 0 Å². The topological polar surface area (TPSA) is 79.8 Å². The van der Waals surface area contributed by atoms with Gasteiger partial charge in [0.15, 0.2) is 0 Å². The third-order valence-corrected chi connectivity index (χ3v) is 5.42. The molecule has 2 saturated heterocycles. The summed E-state index contributed by atoms with van der Waals surface area (Å²) in [6.07, 6.45) is 5.25. The third-order valence-electron chi connectivity index (χ3n) is 4.63. The number of piperidine rings is 1. The van der Waals surface area contributed by atoms with E-state index in [1.807, 2.05) is 17.0 Å². The lowest BCUT2D eigenvalue weighted by Crippen LogP contribution is -2.51. The number of nitrogens with zero attached hydrogens (tertiary/aromatic N) is 4. The lowest BCUT2D eigenvalue weighted by atomic mass is 9.94. The van der Waals surface area contributed by atoms with Gasteiger partial charge in [-0.25, -0.2) is 4.31 Å². The second-order valence-corrected chi connectivity index (χ2v) is 6.89. The minimum atomic E-state index is -2.18. The Morgan fingerprint density at radius 1 is 1.09 bits per heavy atom. The van der Waals surface area contributed by atoms with Crippen LogP contribution in [0.4, 0.5) is 5.69 Å². The molecule has 23 heavy (non-hydrogen) atoms. The van der Waals surface area contributed by atoms with Crippen LogP contribution >= 0.6 is 0 Å². The quantitative estimate of drug-likeness (QED) is 0.738. The number of carbonyl (C=O) groups is 1. The molecule has 3 heterocycles. The van der Waals surface area contributed by atoms with E-state index in [2.05, 4.69) is 9.88 Å². The maximum absolute atomic E-state index is 12.6. The molecule has 1 unspecified atom stereocenters. The van der Waals surface area contributed by atoms with E-state index < -0.39 is 11.3 Å². The summed E-state index contributed by atoms with van der Waals surface area (Å²) >= 11 is -2.18. The zero-order valence-electron chi connectivity index (χ0n) is 13.0. The number of hydrogen-bond acceptors (Lipinski definition) is 5. The largest absolute Gasteiger partial charge is 0.760 e. The van der Waals surface area contributed by atoms with Gasteiger partial charge in [-0.2, -0.15) is 0 Å². The van der Waals surface area contributed by atoms with Gasteiger partial charge >= 0.3 is 0 Å². The standard InChI is InChI=1S/C15H22N4O3S/c20-15(18-9-11-19(12-10-18)23(21)22)13-3-7-17(8-4-13)14-1-5-16-6-2-14/h1-2,5-6,13H,3-4,7-12H2,(H,21,22)/p-1. The van der Waals surface area contributed by atoms with Crippen LogP contribution in [-0.2, 0) is 16.1 Å². The Morgan fingerprint density at radius 3 is 2.26 bits per heavy atom. The first-order chi connectivity index (χ1) is 11.1. The van der Waals surface area contributed by atoms with Crippen molar-refractivity contribution in [2.45, 2.75) is 12.8 Å². The van der Waals surface area contributed by atoms with Crippen LogP contribution in [0.15, 0.2) is 24.5 Å². The first kappa shape index (κ1) is 16.4. The highest BCUT2D eigenvalue weighted by molar-refractivity contribution is 7.76. The lowest BCUT2D eigenvalue weighted by Gasteiger charge is -2.39. The number of piperazine rings is 1. The number of amides is 1. The fraction of sp³-hybridized carbons (Fsp3) is 0.600. The summed E-state index contributed by atoms with van der Waals surface area (Å²) in [6, 6.07) is 3.98. The predicted octanol–water partition coefficient (Wildman–Crippen LogP) is 0.236. The zero-order valence-corrected chi connectivity index (χ0v) is 13.8. The molecule has 0 radical (unpaired) electrons. The number of carbonyl (C=O) groups excluding carboxylic acids is 1. The van der Waals surface area contributed by atoms with Crippen molar-refractivity contribution in [2.75, 3.05) is 44.2 Å². The Kier molecular flexibility index (Phi) is 5.24. The van der Waals surface area contributed by atoms with E-state index in [4.69, 9.17) is 0 Å². The van der Waals surface area contributed by atoms with Crippen molar-refractivity contribution in [1.29, 1.82) is 0 Å². The van der Waals surface area contributed by atoms with Gasteiger partial charge < -0.3 is 14.4 Å². The van der Waals surface area contributed by atoms with Gasteiger partial charge in [-0.1, -0.05) is 0 Å². The normalized spacial score (nSPS) is 22.1. The van der Waals surface area contributed by atoms with Gasteiger partial charge in [0.1, 0.15) is 0 Å². The van der Waals surface area contributed by atoms with Crippen molar-refractivity contribution in [1.82, 2.24) is 14.2 Å². The molecule has 2 aliphatic heterocycles. The SMILES string of the molecule is O=C(C1CCN(c2ccncc2)CC1)N1CCN(S(=O)[O-])CC1. The van der Waals surface area contributed by atoms with Crippen molar-refractivity contribution < 1.29 is 13.6 Å². The minimum Gasteiger partial charge on any atom is -0.760 e. The van der Waals surface area contributed by atoms with Crippen LogP contribution in [0.3, 0.4) is 0 Å². The van der Waals surface area contributed by atoms with E-state index in [1.165, 1.54) is 4.31 Å². The van der Waals surface area contributed by atoms with Gasteiger partial charge in [0, 0.05) is 74.5 Å². The van der Waals surface area contributed by atoms with Crippen molar-refractivity contribution in [2.24, 2.45) is 5.92 Å². The molecule has 2 aliphatic rings. The molecule has 1 aromatic rings. The minimum absolute atomic E-state index is 0.0531. The monoisotopic (exact) mass is 337 g/mol. The molecule has 0 N–H and O–H groups in total. The molecule has 1 aromatic heterocycles. The van der Waals surface area contributed by atoms with Gasteiger partial charge in [0.25, 0.3) is 0 Å². The first-order valence-electron chi connectivity index (χ1n) is 7.93. The van der Waals surface area contributed by atoms with Gasteiger partial charge in [-0.15, -0.1) is 0 Å². The summed E-state index contributed by atoms with van der Waals surface area (Å²) in [5, 5.41) is 0. The van der Waals surface area contributed by atoms with E-state index in [0.717, 1.165) is 31.6 Å². The zero-order chi connectivity index (χ0) is 16.2. The Morgan fingerprint density at radius 2 is 1.70 bits per heavy atom. The summed E-state index contributed by atoms with van der Waals surface area (Å²) < 4.78 is 23.2.